The van der Waals surface area contributed by atoms with Crippen LogP contribution in [0.4, 0.5) is 0 Å². The quantitative estimate of drug-likeness (QED) is 0.775. The molecule has 6 heteroatoms. The van der Waals surface area contributed by atoms with Gasteiger partial charge in [-0.3, -0.25) is 4.21 Å². The van der Waals surface area contributed by atoms with Gasteiger partial charge >= 0.3 is 5.97 Å². The van der Waals surface area contributed by atoms with E-state index in [4.69, 9.17) is 4.42 Å². The van der Waals surface area contributed by atoms with Crippen molar-refractivity contribution in [1.29, 1.82) is 0 Å². The molecule has 1 aromatic heterocycles. The van der Waals surface area contributed by atoms with Crippen molar-refractivity contribution >= 4 is 16.8 Å². The minimum atomic E-state index is -0.809. The molecule has 0 aromatic carbocycles. The van der Waals surface area contributed by atoms with Crippen molar-refractivity contribution in [3.05, 3.63) is 23.7 Å². The summed E-state index contributed by atoms with van der Waals surface area (Å²) in [5, 5.41) is 3.16. The minimum Gasteiger partial charge on any atom is -0.463 e. The third-order valence-corrected chi connectivity index (χ3v) is 3.06. The SMILES string of the molecule is COC(=O)c1ccc(C(C)NCCS(C)=O)o1. The van der Waals surface area contributed by atoms with Crippen LogP contribution in [0.2, 0.25) is 0 Å². The van der Waals surface area contributed by atoms with Crippen molar-refractivity contribution in [2.75, 3.05) is 25.7 Å². The molecule has 0 saturated heterocycles. The van der Waals surface area contributed by atoms with Crippen molar-refractivity contribution in [3.8, 4) is 0 Å². The van der Waals surface area contributed by atoms with E-state index in [-0.39, 0.29) is 11.8 Å². The van der Waals surface area contributed by atoms with E-state index < -0.39 is 16.8 Å². The van der Waals surface area contributed by atoms with E-state index in [2.05, 4.69) is 10.1 Å². The topological polar surface area (TPSA) is 68.5 Å². The Morgan fingerprint density at radius 2 is 2.29 bits per heavy atom. The zero-order chi connectivity index (χ0) is 12.8. The number of carbonyl (C=O) groups is 1. The van der Waals surface area contributed by atoms with Crippen LogP contribution in [0.5, 0.6) is 0 Å². The first-order valence-electron chi connectivity index (χ1n) is 5.26. The lowest BCUT2D eigenvalue weighted by Crippen LogP contribution is -2.23. The molecule has 0 amide bonds. The second-order valence-corrected chi connectivity index (χ2v) is 5.20. The molecule has 1 heterocycles. The highest BCUT2D eigenvalue weighted by Gasteiger charge is 2.14. The molecule has 96 valence electrons. The van der Waals surface area contributed by atoms with Crippen molar-refractivity contribution in [2.45, 2.75) is 13.0 Å². The molecule has 2 unspecified atom stereocenters. The van der Waals surface area contributed by atoms with Crippen LogP contribution in [0.15, 0.2) is 16.5 Å². The average Bonchev–Trinajstić information content (AvgIpc) is 2.76. The summed E-state index contributed by atoms with van der Waals surface area (Å²) in [6, 6.07) is 3.28. The Morgan fingerprint density at radius 1 is 1.59 bits per heavy atom. The summed E-state index contributed by atoms with van der Waals surface area (Å²) < 4.78 is 20.8. The van der Waals surface area contributed by atoms with Gasteiger partial charge in [-0.25, -0.2) is 4.79 Å². The number of hydrogen-bond acceptors (Lipinski definition) is 5. The normalized spacial score (nSPS) is 14.3. The van der Waals surface area contributed by atoms with E-state index in [1.165, 1.54) is 7.11 Å². The van der Waals surface area contributed by atoms with Crippen LogP contribution >= 0.6 is 0 Å². The van der Waals surface area contributed by atoms with Gasteiger partial charge in [-0.1, -0.05) is 0 Å². The largest absolute Gasteiger partial charge is 0.463 e. The maximum absolute atomic E-state index is 11.2. The molecule has 2 atom stereocenters. The van der Waals surface area contributed by atoms with Gasteiger partial charge in [-0.2, -0.15) is 0 Å². The lowest BCUT2D eigenvalue weighted by atomic mass is 10.2. The average molecular weight is 259 g/mol. The van der Waals surface area contributed by atoms with Gasteiger partial charge in [0.15, 0.2) is 0 Å². The van der Waals surface area contributed by atoms with Crippen LogP contribution in [0.25, 0.3) is 0 Å². The second kappa shape index (κ2) is 6.56. The number of hydrogen-bond donors (Lipinski definition) is 1. The van der Waals surface area contributed by atoms with Crippen LogP contribution in [0.1, 0.15) is 29.3 Å². The van der Waals surface area contributed by atoms with Crippen molar-refractivity contribution < 1.29 is 18.2 Å². The summed E-state index contributed by atoms with van der Waals surface area (Å²) in [5.41, 5.74) is 0. The van der Waals surface area contributed by atoms with Crippen LogP contribution < -0.4 is 5.32 Å². The highest BCUT2D eigenvalue weighted by atomic mass is 32.2. The summed E-state index contributed by atoms with van der Waals surface area (Å²) in [6.07, 6.45) is 1.66. The molecule has 1 N–H and O–H groups in total. The number of rotatable bonds is 6. The van der Waals surface area contributed by atoms with E-state index in [1.54, 1.807) is 18.4 Å². The summed E-state index contributed by atoms with van der Waals surface area (Å²) in [5.74, 6) is 0.954. The Hall–Kier alpha value is -1.14. The predicted molar refractivity (Wildman–Crippen MR) is 65.4 cm³/mol. The molecule has 0 bridgehead atoms. The van der Waals surface area contributed by atoms with Gasteiger partial charge in [0.2, 0.25) is 5.76 Å². The van der Waals surface area contributed by atoms with E-state index >= 15 is 0 Å². The number of methoxy groups -OCH3 is 1. The second-order valence-electron chi connectivity index (χ2n) is 3.65. The van der Waals surface area contributed by atoms with Crippen LogP contribution in [0, 0.1) is 0 Å². The van der Waals surface area contributed by atoms with Crippen molar-refractivity contribution in [3.63, 3.8) is 0 Å². The smallest absolute Gasteiger partial charge is 0.373 e. The molecule has 0 radical (unpaired) electrons. The molecule has 1 aromatic rings. The molecule has 17 heavy (non-hydrogen) atoms. The maximum Gasteiger partial charge on any atom is 0.373 e. The zero-order valence-electron chi connectivity index (χ0n) is 10.2. The fraction of sp³-hybridized carbons (Fsp3) is 0.545. The van der Waals surface area contributed by atoms with Gasteiger partial charge in [-0.05, 0) is 19.1 Å². The number of nitrogens with one attached hydrogen (secondary N) is 1. The van der Waals surface area contributed by atoms with Gasteiger partial charge in [0.25, 0.3) is 0 Å². The van der Waals surface area contributed by atoms with Gasteiger partial charge < -0.3 is 14.5 Å². The van der Waals surface area contributed by atoms with Crippen molar-refractivity contribution in [2.24, 2.45) is 0 Å². The third kappa shape index (κ3) is 4.32. The molecule has 5 nitrogen and oxygen atoms in total. The minimum absolute atomic E-state index is 0.0306. The first kappa shape index (κ1) is 13.9. The number of furan rings is 1. The summed E-state index contributed by atoms with van der Waals surface area (Å²) >= 11 is 0. The first-order chi connectivity index (χ1) is 8.04. The number of esters is 1. The fourth-order valence-electron chi connectivity index (χ4n) is 1.32. The van der Waals surface area contributed by atoms with E-state index in [0.717, 1.165) is 0 Å². The fourth-order valence-corrected chi connectivity index (χ4v) is 1.72. The number of ether oxygens (including phenoxy) is 1. The van der Waals surface area contributed by atoms with Gasteiger partial charge in [0.05, 0.1) is 13.2 Å². The molecular weight excluding hydrogens is 242 g/mol. The lowest BCUT2D eigenvalue weighted by Gasteiger charge is -2.10. The standard InChI is InChI=1S/C11H17NO4S/c1-8(12-6-7-17(3)14)9-4-5-10(16-9)11(13)15-2/h4-5,8,12H,6-7H2,1-3H3. The zero-order valence-corrected chi connectivity index (χ0v) is 11.0. The molecule has 0 aliphatic carbocycles. The summed E-state index contributed by atoms with van der Waals surface area (Å²) in [6.45, 7) is 2.55. The molecule has 0 aliphatic rings. The maximum atomic E-state index is 11.2. The Balaban J connectivity index is 2.51. The molecule has 0 saturated carbocycles. The Kier molecular flexibility index (Phi) is 5.37. The Morgan fingerprint density at radius 3 is 2.88 bits per heavy atom. The monoisotopic (exact) mass is 259 g/mol. The molecule has 0 spiro atoms. The summed E-state index contributed by atoms with van der Waals surface area (Å²) in [4.78, 5) is 11.2. The van der Waals surface area contributed by atoms with Crippen molar-refractivity contribution in [1.82, 2.24) is 5.32 Å². The van der Waals surface area contributed by atoms with Crippen LogP contribution in [-0.4, -0.2) is 35.8 Å². The van der Waals surface area contributed by atoms with E-state index in [0.29, 0.717) is 18.1 Å². The van der Waals surface area contributed by atoms with E-state index in [9.17, 15) is 9.00 Å². The van der Waals surface area contributed by atoms with E-state index in [1.807, 2.05) is 6.92 Å². The van der Waals surface area contributed by atoms with Gasteiger partial charge in [-0.15, -0.1) is 0 Å². The summed E-state index contributed by atoms with van der Waals surface area (Å²) in [7, 11) is 0.499. The molecular formula is C11H17NO4S. The van der Waals surface area contributed by atoms with Gasteiger partial charge in [0, 0.05) is 29.4 Å². The van der Waals surface area contributed by atoms with Crippen LogP contribution in [0.3, 0.4) is 0 Å². The Labute approximate surface area is 103 Å². The van der Waals surface area contributed by atoms with Crippen LogP contribution in [-0.2, 0) is 15.5 Å². The predicted octanol–water partition coefficient (Wildman–Crippen LogP) is 1.10. The first-order valence-corrected chi connectivity index (χ1v) is 6.98. The molecule has 0 fully saturated rings. The number of carbonyl (C=O) groups excluding carboxylic acids is 1. The Bertz CT molecular complexity index is 402. The van der Waals surface area contributed by atoms with Gasteiger partial charge in [0.1, 0.15) is 5.76 Å². The lowest BCUT2D eigenvalue weighted by molar-refractivity contribution is 0.0562. The molecule has 0 aliphatic heterocycles. The highest BCUT2D eigenvalue weighted by molar-refractivity contribution is 7.84. The highest BCUT2D eigenvalue weighted by Crippen LogP contribution is 2.16. The third-order valence-electron chi connectivity index (χ3n) is 2.28. The molecule has 1 rings (SSSR count).